The molecule has 0 radical (unpaired) electrons. The summed E-state index contributed by atoms with van der Waals surface area (Å²) < 4.78 is 28.1. The summed E-state index contributed by atoms with van der Waals surface area (Å²) in [5, 5.41) is 0.465. The van der Waals surface area contributed by atoms with Crippen molar-refractivity contribution in [1.29, 1.82) is 0 Å². The van der Waals surface area contributed by atoms with E-state index in [4.69, 9.17) is 11.6 Å². The Kier molecular flexibility index (Phi) is 5.60. The van der Waals surface area contributed by atoms with Gasteiger partial charge >= 0.3 is 0 Å². The smallest absolute Gasteiger partial charge is 0.261 e. The summed E-state index contributed by atoms with van der Waals surface area (Å²) in [6, 6.07) is 18.3. The van der Waals surface area contributed by atoms with E-state index in [0.717, 1.165) is 5.69 Å². The van der Waals surface area contributed by atoms with Crippen molar-refractivity contribution in [2.45, 2.75) is 4.90 Å². The van der Waals surface area contributed by atoms with Gasteiger partial charge in [-0.15, -0.1) is 0 Å². The van der Waals surface area contributed by atoms with Gasteiger partial charge < -0.3 is 0 Å². The van der Waals surface area contributed by atoms with Crippen LogP contribution >= 0.6 is 11.6 Å². The Balaban J connectivity index is 1.71. The summed E-state index contributed by atoms with van der Waals surface area (Å²) in [5.41, 5.74) is 1.87. The molecule has 0 aliphatic heterocycles. The van der Waals surface area contributed by atoms with E-state index in [9.17, 15) is 8.42 Å². The van der Waals surface area contributed by atoms with Crippen molar-refractivity contribution < 1.29 is 8.42 Å². The number of rotatable bonds is 6. The Morgan fingerprint density at radius 3 is 2.20 bits per heavy atom. The second kappa shape index (κ2) is 8.48. The Bertz CT molecular complexity index is 1200. The molecule has 9 heteroatoms. The van der Waals surface area contributed by atoms with Crippen LogP contribution in [0.4, 0.5) is 23.0 Å². The molecule has 0 aliphatic rings. The van der Waals surface area contributed by atoms with Crippen LogP contribution in [0, 0.1) is 0 Å². The van der Waals surface area contributed by atoms with Gasteiger partial charge in [-0.05, 0) is 60.7 Å². The molecule has 0 bridgehead atoms. The molecule has 0 saturated carbocycles. The number of sulfonamides is 1. The fourth-order valence-electron chi connectivity index (χ4n) is 2.82. The van der Waals surface area contributed by atoms with Crippen LogP contribution in [0.15, 0.2) is 96.4 Å². The predicted octanol–water partition coefficient (Wildman–Crippen LogP) is 4.80. The summed E-state index contributed by atoms with van der Waals surface area (Å²) in [7, 11) is -3.77. The van der Waals surface area contributed by atoms with Gasteiger partial charge in [-0.1, -0.05) is 17.7 Å². The third kappa shape index (κ3) is 4.40. The van der Waals surface area contributed by atoms with Crippen molar-refractivity contribution >= 4 is 44.6 Å². The lowest BCUT2D eigenvalue weighted by molar-refractivity contribution is 0.601. The van der Waals surface area contributed by atoms with Gasteiger partial charge in [0.25, 0.3) is 10.0 Å². The van der Waals surface area contributed by atoms with Gasteiger partial charge in [0.05, 0.1) is 22.0 Å². The van der Waals surface area contributed by atoms with E-state index in [0.29, 0.717) is 22.3 Å². The molecule has 7 nitrogen and oxygen atoms in total. The SMILES string of the molecule is O=S(=O)(Nc1cccc(N(c2ccncc2)c2ncccn2)c1)c1ccc(Cl)cc1. The highest BCUT2D eigenvalue weighted by molar-refractivity contribution is 7.92. The molecule has 1 N–H and O–H groups in total. The number of hydrogen-bond acceptors (Lipinski definition) is 6. The number of aromatic nitrogens is 3. The molecule has 30 heavy (non-hydrogen) atoms. The van der Waals surface area contributed by atoms with Crippen LogP contribution < -0.4 is 9.62 Å². The number of nitrogens with zero attached hydrogens (tertiary/aromatic N) is 4. The lowest BCUT2D eigenvalue weighted by Gasteiger charge is -2.23. The van der Waals surface area contributed by atoms with Crippen LogP contribution in [0.3, 0.4) is 0 Å². The van der Waals surface area contributed by atoms with Crippen LogP contribution in [0.5, 0.6) is 0 Å². The van der Waals surface area contributed by atoms with Gasteiger partial charge in [0.2, 0.25) is 5.95 Å². The molecule has 2 heterocycles. The number of pyridine rings is 1. The van der Waals surface area contributed by atoms with Crippen LogP contribution in [0.1, 0.15) is 0 Å². The van der Waals surface area contributed by atoms with Crippen molar-refractivity contribution in [3.63, 3.8) is 0 Å². The van der Waals surface area contributed by atoms with E-state index >= 15 is 0 Å². The Morgan fingerprint density at radius 1 is 0.800 bits per heavy atom. The predicted molar refractivity (Wildman–Crippen MR) is 117 cm³/mol. The van der Waals surface area contributed by atoms with Crippen LogP contribution in [0.25, 0.3) is 0 Å². The molecule has 0 spiro atoms. The first-order valence-electron chi connectivity index (χ1n) is 8.88. The van der Waals surface area contributed by atoms with Crippen molar-refractivity contribution in [2.75, 3.05) is 9.62 Å². The van der Waals surface area contributed by atoms with E-state index in [1.807, 2.05) is 23.1 Å². The molecule has 2 aromatic heterocycles. The standard InChI is InChI=1S/C21H16ClN5O2S/c22-16-5-7-20(8-6-16)30(28,29)26-17-3-1-4-19(15-17)27(18-9-13-23-14-10-18)21-24-11-2-12-25-21/h1-15,26H. The van der Waals surface area contributed by atoms with Crippen LogP contribution in [-0.4, -0.2) is 23.4 Å². The maximum Gasteiger partial charge on any atom is 0.261 e. The lowest BCUT2D eigenvalue weighted by atomic mass is 10.2. The number of hydrogen-bond donors (Lipinski definition) is 1. The number of halogens is 1. The summed E-state index contributed by atoms with van der Waals surface area (Å²) in [5.74, 6) is 0.446. The van der Waals surface area contributed by atoms with Crippen molar-refractivity contribution in [1.82, 2.24) is 15.0 Å². The summed E-state index contributed by atoms with van der Waals surface area (Å²) >= 11 is 5.86. The molecule has 4 rings (SSSR count). The Labute approximate surface area is 179 Å². The molecule has 150 valence electrons. The Hall–Kier alpha value is -3.49. The minimum atomic E-state index is -3.77. The molecular formula is C21H16ClN5O2S. The maximum absolute atomic E-state index is 12.7. The van der Waals surface area contributed by atoms with E-state index in [1.165, 1.54) is 24.3 Å². The molecule has 0 amide bonds. The second-order valence-corrected chi connectivity index (χ2v) is 8.32. The van der Waals surface area contributed by atoms with Crippen molar-refractivity contribution in [3.8, 4) is 0 Å². The second-order valence-electron chi connectivity index (χ2n) is 6.20. The molecule has 0 atom stereocenters. The minimum absolute atomic E-state index is 0.120. The number of benzene rings is 2. The normalized spacial score (nSPS) is 11.1. The number of anilines is 4. The van der Waals surface area contributed by atoms with E-state index < -0.39 is 10.0 Å². The fourth-order valence-corrected chi connectivity index (χ4v) is 3.99. The van der Waals surface area contributed by atoms with Gasteiger partial charge in [-0.2, -0.15) is 0 Å². The molecule has 4 aromatic rings. The average Bonchev–Trinajstić information content (AvgIpc) is 2.76. The first-order valence-corrected chi connectivity index (χ1v) is 10.7. The quantitative estimate of drug-likeness (QED) is 0.466. The minimum Gasteiger partial charge on any atom is -0.280 e. The third-order valence-electron chi connectivity index (χ3n) is 4.15. The zero-order chi connectivity index (χ0) is 21.0. The highest BCUT2D eigenvalue weighted by Crippen LogP contribution is 2.33. The average molecular weight is 438 g/mol. The summed E-state index contributed by atoms with van der Waals surface area (Å²) in [6.07, 6.45) is 6.62. The van der Waals surface area contributed by atoms with Gasteiger partial charge in [-0.25, -0.2) is 18.4 Å². The largest absolute Gasteiger partial charge is 0.280 e. The fraction of sp³-hybridized carbons (Fsp3) is 0. The van der Waals surface area contributed by atoms with Gasteiger partial charge in [-0.3, -0.25) is 14.6 Å². The zero-order valence-electron chi connectivity index (χ0n) is 15.6. The molecule has 2 aromatic carbocycles. The molecule has 0 fully saturated rings. The molecule has 0 saturated heterocycles. The van der Waals surface area contributed by atoms with Gasteiger partial charge in [0, 0.05) is 29.8 Å². The molecule has 0 unspecified atom stereocenters. The maximum atomic E-state index is 12.7. The highest BCUT2D eigenvalue weighted by atomic mass is 35.5. The van der Waals surface area contributed by atoms with Gasteiger partial charge in [0.1, 0.15) is 0 Å². The topological polar surface area (TPSA) is 88.1 Å². The first-order chi connectivity index (χ1) is 14.5. The monoisotopic (exact) mass is 437 g/mol. The van der Waals surface area contributed by atoms with Crippen molar-refractivity contribution in [3.05, 3.63) is 96.5 Å². The number of nitrogens with one attached hydrogen (secondary N) is 1. The van der Waals surface area contributed by atoms with E-state index in [2.05, 4.69) is 19.7 Å². The van der Waals surface area contributed by atoms with E-state index in [1.54, 1.807) is 49.1 Å². The van der Waals surface area contributed by atoms with Crippen molar-refractivity contribution in [2.24, 2.45) is 0 Å². The highest BCUT2D eigenvalue weighted by Gasteiger charge is 2.17. The third-order valence-corrected chi connectivity index (χ3v) is 5.80. The van der Waals surface area contributed by atoms with Gasteiger partial charge in [0.15, 0.2) is 0 Å². The Morgan fingerprint density at radius 2 is 1.50 bits per heavy atom. The summed E-state index contributed by atoms with van der Waals surface area (Å²) in [6.45, 7) is 0. The molecule has 0 aliphatic carbocycles. The zero-order valence-corrected chi connectivity index (χ0v) is 17.1. The van der Waals surface area contributed by atoms with Crippen LogP contribution in [-0.2, 0) is 10.0 Å². The first kappa shape index (κ1) is 19.8. The van der Waals surface area contributed by atoms with Crippen LogP contribution in [0.2, 0.25) is 5.02 Å². The lowest BCUT2D eigenvalue weighted by Crippen LogP contribution is -2.15. The summed E-state index contributed by atoms with van der Waals surface area (Å²) in [4.78, 5) is 14.7. The molecular weight excluding hydrogens is 422 g/mol. The van der Waals surface area contributed by atoms with E-state index in [-0.39, 0.29) is 4.90 Å².